The number of ether oxygens (including phenoxy) is 2. The largest absolute Gasteiger partial charge is 1.00 e. The monoisotopic (exact) mass is 448 g/mol. The Morgan fingerprint density at radius 1 is 1.21 bits per heavy atom. The molecule has 6 N–H and O–H groups in total. The molecule has 0 atom stereocenters. The first-order chi connectivity index (χ1) is 13.0. The van der Waals surface area contributed by atoms with Crippen LogP contribution >= 0.6 is 0 Å². The Hall–Kier alpha value is -2.20. The maximum Gasteiger partial charge on any atom is 0.265 e. The quantitative estimate of drug-likeness (QED) is 0.300. The van der Waals surface area contributed by atoms with Gasteiger partial charge in [0.2, 0.25) is 0 Å². The molecule has 1 aliphatic rings. The summed E-state index contributed by atoms with van der Waals surface area (Å²) in [6, 6.07) is 3.08. The molecule has 9 nitrogen and oxygen atoms in total. The van der Waals surface area contributed by atoms with Crippen LogP contribution in [0.1, 0.15) is 10.4 Å². The number of rotatable bonds is 6. The number of fused-ring (bicyclic) bond motifs is 1. The lowest BCUT2D eigenvalue weighted by Crippen LogP contribution is -3.20. The van der Waals surface area contributed by atoms with Crippen LogP contribution in [0.2, 0.25) is 0 Å². The minimum atomic E-state index is -0.648. The van der Waals surface area contributed by atoms with Crippen LogP contribution in [0.5, 0.6) is 17.2 Å². The number of carbonyl (C=O) groups excluding carboxylic acids is 1. The Bertz CT molecular complexity index is 900. The number of aromatic amines is 1. The van der Waals surface area contributed by atoms with Gasteiger partial charge in [-0.05, 0) is 6.07 Å². The number of halogens is 2. The van der Waals surface area contributed by atoms with Crippen molar-refractivity contribution in [2.75, 3.05) is 53.5 Å². The lowest BCUT2D eigenvalue weighted by Gasteiger charge is -2.22. The number of methoxy groups -OCH3 is 2. The molecule has 0 saturated carbocycles. The highest BCUT2D eigenvalue weighted by molar-refractivity contribution is 6.02. The van der Waals surface area contributed by atoms with Gasteiger partial charge in [-0.2, -0.15) is 0 Å². The summed E-state index contributed by atoms with van der Waals surface area (Å²) in [6.07, 6.45) is 0. The van der Waals surface area contributed by atoms with Crippen molar-refractivity contribution >= 4 is 16.8 Å². The van der Waals surface area contributed by atoms with Crippen molar-refractivity contribution < 1.29 is 54.4 Å². The standard InChI is InChI=1S/C18H24N4O5.2ClH/c1-26-13-9-11-12(10-14(13)27-2)21-18(25)15(16(11)23)17(24)20-5-8-22-6-3-19-4-7-22;;/h9-10,19H,3-8H2,1-2H3,(H,20,24)(H2,21,23,25);2*1H. The second-order valence-corrected chi connectivity index (χ2v) is 6.55. The maximum absolute atomic E-state index is 12.5. The number of piperazine rings is 1. The van der Waals surface area contributed by atoms with E-state index >= 15 is 0 Å². The van der Waals surface area contributed by atoms with E-state index in [1.165, 1.54) is 25.2 Å². The van der Waals surface area contributed by atoms with Crippen LogP contribution in [0.25, 0.3) is 10.9 Å². The third-order valence-corrected chi connectivity index (χ3v) is 4.89. The van der Waals surface area contributed by atoms with Crippen LogP contribution < -0.4 is 55.4 Å². The summed E-state index contributed by atoms with van der Waals surface area (Å²) in [5.41, 5.74) is -0.581. The molecule has 0 radical (unpaired) electrons. The third kappa shape index (κ3) is 5.45. The van der Waals surface area contributed by atoms with Gasteiger partial charge in [0.25, 0.3) is 11.5 Å². The zero-order chi connectivity index (χ0) is 19.4. The van der Waals surface area contributed by atoms with Crippen LogP contribution in [-0.2, 0) is 0 Å². The van der Waals surface area contributed by atoms with Gasteiger partial charge in [-0.25, -0.2) is 0 Å². The molecule has 1 amide bonds. The number of quaternary nitrogens is 2. The summed E-state index contributed by atoms with van der Waals surface area (Å²) in [7, 11) is 2.95. The van der Waals surface area contributed by atoms with Crippen molar-refractivity contribution in [1.29, 1.82) is 0 Å². The third-order valence-electron chi connectivity index (χ3n) is 4.89. The fraction of sp³-hybridized carbons (Fsp3) is 0.444. The van der Waals surface area contributed by atoms with Gasteiger partial charge in [0.15, 0.2) is 11.5 Å². The zero-order valence-electron chi connectivity index (χ0n) is 16.3. The number of pyridine rings is 1. The number of amides is 1. The van der Waals surface area contributed by atoms with Crippen molar-refractivity contribution in [3.63, 3.8) is 0 Å². The molecule has 162 valence electrons. The molecule has 3 rings (SSSR count). The number of carbonyl (C=O) groups is 1. The molecule has 0 aliphatic carbocycles. The smallest absolute Gasteiger partial charge is 0.265 e. The van der Waals surface area contributed by atoms with E-state index in [2.05, 4.69) is 15.6 Å². The first-order valence-electron chi connectivity index (χ1n) is 8.99. The Morgan fingerprint density at radius 3 is 2.45 bits per heavy atom. The average Bonchev–Trinajstić information content (AvgIpc) is 2.68. The summed E-state index contributed by atoms with van der Waals surface area (Å²) < 4.78 is 10.4. The fourth-order valence-corrected chi connectivity index (χ4v) is 3.39. The minimum Gasteiger partial charge on any atom is -1.00 e. The van der Waals surface area contributed by atoms with E-state index in [0.29, 0.717) is 28.9 Å². The van der Waals surface area contributed by atoms with Crippen molar-refractivity contribution in [3.8, 4) is 17.2 Å². The number of nitrogens with two attached hydrogens (primary N) is 1. The van der Waals surface area contributed by atoms with E-state index < -0.39 is 11.5 Å². The van der Waals surface area contributed by atoms with E-state index in [9.17, 15) is 14.7 Å². The highest BCUT2D eigenvalue weighted by Crippen LogP contribution is 2.35. The molecular weight excluding hydrogens is 423 g/mol. The summed E-state index contributed by atoms with van der Waals surface area (Å²) >= 11 is 0. The first-order valence-corrected chi connectivity index (χ1v) is 8.99. The molecular formula is C18H26Cl2N4O5. The topological polar surface area (TPSA) is 122 Å². The molecule has 1 aromatic heterocycles. The predicted molar refractivity (Wildman–Crippen MR) is 98.9 cm³/mol. The van der Waals surface area contributed by atoms with E-state index in [1.807, 2.05) is 0 Å². The molecule has 0 bridgehead atoms. The van der Waals surface area contributed by atoms with Crippen molar-refractivity contribution in [2.24, 2.45) is 0 Å². The molecule has 0 spiro atoms. The minimum absolute atomic E-state index is 0. The van der Waals surface area contributed by atoms with Crippen LogP contribution in [0, 0.1) is 0 Å². The van der Waals surface area contributed by atoms with Gasteiger partial charge in [-0.1, -0.05) is 0 Å². The SMILES string of the molecule is COc1cc2[nH]c(=O)c(C(=O)NCC[NH+]3CC[NH2+]CC3)c(O)c2cc1OC.[Cl-].[Cl-]. The molecule has 1 aliphatic heterocycles. The highest BCUT2D eigenvalue weighted by atomic mass is 35.5. The van der Waals surface area contributed by atoms with Gasteiger partial charge in [0.05, 0.1) is 32.8 Å². The normalized spacial score (nSPS) is 13.9. The number of benzene rings is 1. The number of aromatic hydroxyl groups is 1. The van der Waals surface area contributed by atoms with E-state index in [4.69, 9.17) is 9.47 Å². The zero-order valence-corrected chi connectivity index (χ0v) is 17.8. The fourth-order valence-electron chi connectivity index (χ4n) is 3.39. The summed E-state index contributed by atoms with van der Waals surface area (Å²) in [6.45, 7) is 5.51. The summed E-state index contributed by atoms with van der Waals surface area (Å²) in [5, 5.41) is 15.9. The average molecular weight is 449 g/mol. The van der Waals surface area contributed by atoms with Crippen molar-refractivity contribution in [2.45, 2.75) is 0 Å². The Kier molecular flexibility index (Phi) is 9.51. The molecule has 2 heterocycles. The molecule has 29 heavy (non-hydrogen) atoms. The maximum atomic E-state index is 12.5. The second-order valence-electron chi connectivity index (χ2n) is 6.55. The first kappa shape index (κ1) is 24.8. The highest BCUT2D eigenvalue weighted by Gasteiger charge is 2.21. The number of H-pyrrole nitrogens is 1. The molecule has 1 fully saturated rings. The van der Waals surface area contributed by atoms with Gasteiger partial charge in [0, 0.05) is 11.5 Å². The number of aromatic nitrogens is 1. The van der Waals surface area contributed by atoms with Crippen LogP contribution in [0.3, 0.4) is 0 Å². The molecule has 0 unspecified atom stereocenters. The molecule has 2 aromatic rings. The van der Waals surface area contributed by atoms with E-state index in [0.717, 1.165) is 32.7 Å². The van der Waals surface area contributed by atoms with Crippen LogP contribution in [0.15, 0.2) is 16.9 Å². The lowest BCUT2D eigenvalue weighted by atomic mass is 10.1. The van der Waals surface area contributed by atoms with Crippen LogP contribution in [0.4, 0.5) is 0 Å². The lowest BCUT2D eigenvalue weighted by molar-refractivity contribution is -0.945. The Morgan fingerprint density at radius 2 is 1.83 bits per heavy atom. The van der Waals surface area contributed by atoms with Crippen LogP contribution in [-0.4, -0.2) is 69.5 Å². The molecule has 1 saturated heterocycles. The Labute approximate surface area is 180 Å². The molecule has 1 aromatic carbocycles. The van der Waals surface area contributed by atoms with Gasteiger partial charge >= 0.3 is 0 Å². The Balaban J connectivity index is 0.00000210. The van der Waals surface area contributed by atoms with Crippen molar-refractivity contribution in [3.05, 3.63) is 28.0 Å². The van der Waals surface area contributed by atoms with Gasteiger partial charge in [0.1, 0.15) is 37.5 Å². The van der Waals surface area contributed by atoms with E-state index in [-0.39, 0.29) is 36.1 Å². The van der Waals surface area contributed by atoms with Gasteiger partial charge < -0.3 is 59.9 Å². The second kappa shape index (κ2) is 11.1. The summed E-state index contributed by atoms with van der Waals surface area (Å²) in [5.74, 6) is -0.149. The number of nitrogens with one attached hydrogen (secondary N) is 3. The van der Waals surface area contributed by atoms with E-state index in [1.54, 1.807) is 6.07 Å². The molecule has 11 heteroatoms. The predicted octanol–water partition coefficient (Wildman–Crippen LogP) is -8.55. The number of hydrogen-bond donors (Lipinski definition) is 5. The van der Waals surface area contributed by atoms with Crippen molar-refractivity contribution in [1.82, 2.24) is 10.3 Å². The summed E-state index contributed by atoms with van der Waals surface area (Å²) in [4.78, 5) is 28.9. The number of hydrogen-bond acceptors (Lipinski definition) is 5. The van der Waals surface area contributed by atoms with Gasteiger partial charge in [-0.3, -0.25) is 9.59 Å². The van der Waals surface area contributed by atoms with Gasteiger partial charge in [-0.15, -0.1) is 0 Å².